The van der Waals surface area contributed by atoms with Crippen molar-refractivity contribution in [2.24, 2.45) is 17.8 Å². The summed E-state index contributed by atoms with van der Waals surface area (Å²) in [6, 6.07) is 0. The van der Waals surface area contributed by atoms with Crippen molar-refractivity contribution >= 4 is 5.78 Å². The Morgan fingerprint density at radius 1 is 1.00 bits per heavy atom. The van der Waals surface area contributed by atoms with Gasteiger partial charge in [0, 0.05) is 25.4 Å². The summed E-state index contributed by atoms with van der Waals surface area (Å²) in [5.41, 5.74) is 0. The Morgan fingerprint density at radius 3 is 2.05 bits per heavy atom. The number of Topliss-reactive ketones (excluding diaryl/α,β-unsaturated/α-hetero) is 1. The standard InChI is InChI=1S/C19H36N2O/c1-4-6-19(22)18-9-13-21(14-10-18)15-20-11-7-17(8-12-20)16(3)5-2/h16-18H,4-15H2,1-3H3. The number of piperidine rings is 2. The normalized spacial score (nSPS) is 24.5. The van der Waals surface area contributed by atoms with Crippen LogP contribution in [-0.2, 0) is 4.79 Å². The van der Waals surface area contributed by atoms with Crippen molar-refractivity contribution in [3.05, 3.63) is 0 Å². The zero-order valence-electron chi connectivity index (χ0n) is 15.0. The van der Waals surface area contributed by atoms with E-state index in [0.29, 0.717) is 11.7 Å². The summed E-state index contributed by atoms with van der Waals surface area (Å²) in [4.78, 5) is 17.2. The van der Waals surface area contributed by atoms with Crippen molar-refractivity contribution in [1.82, 2.24) is 9.80 Å². The van der Waals surface area contributed by atoms with Gasteiger partial charge in [-0.3, -0.25) is 14.6 Å². The van der Waals surface area contributed by atoms with Crippen molar-refractivity contribution < 1.29 is 4.79 Å². The number of ketones is 1. The Labute approximate surface area is 137 Å². The lowest BCUT2D eigenvalue weighted by molar-refractivity contribution is -0.124. The van der Waals surface area contributed by atoms with Gasteiger partial charge in [-0.1, -0.05) is 27.2 Å². The van der Waals surface area contributed by atoms with E-state index in [1.54, 1.807) is 0 Å². The smallest absolute Gasteiger partial charge is 0.136 e. The quantitative estimate of drug-likeness (QED) is 0.715. The summed E-state index contributed by atoms with van der Waals surface area (Å²) < 4.78 is 0. The molecule has 2 aliphatic heterocycles. The first-order valence-electron chi connectivity index (χ1n) is 9.61. The topological polar surface area (TPSA) is 23.6 Å². The number of likely N-dealkylation sites (tertiary alicyclic amines) is 2. The fourth-order valence-corrected chi connectivity index (χ4v) is 4.13. The van der Waals surface area contributed by atoms with Crippen LogP contribution in [0.15, 0.2) is 0 Å². The maximum absolute atomic E-state index is 12.0. The summed E-state index contributed by atoms with van der Waals surface area (Å²) in [7, 11) is 0. The van der Waals surface area contributed by atoms with E-state index in [-0.39, 0.29) is 0 Å². The predicted molar refractivity (Wildman–Crippen MR) is 92.8 cm³/mol. The molecule has 0 amide bonds. The highest BCUT2D eigenvalue weighted by atomic mass is 16.1. The fraction of sp³-hybridized carbons (Fsp3) is 0.947. The lowest BCUT2D eigenvalue weighted by Crippen LogP contribution is -2.46. The highest BCUT2D eigenvalue weighted by molar-refractivity contribution is 5.81. The molecule has 0 saturated carbocycles. The first-order valence-corrected chi connectivity index (χ1v) is 9.61. The molecule has 2 fully saturated rings. The summed E-state index contributed by atoms with van der Waals surface area (Å²) in [5, 5.41) is 0. The zero-order chi connectivity index (χ0) is 15.9. The Bertz CT molecular complexity index is 328. The molecular formula is C19H36N2O. The second-order valence-electron chi connectivity index (χ2n) is 7.59. The molecule has 2 heterocycles. The first kappa shape index (κ1) is 17.9. The molecular weight excluding hydrogens is 272 g/mol. The van der Waals surface area contributed by atoms with E-state index in [2.05, 4.69) is 30.6 Å². The van der Waals surface area contributed by atoms with Gasteiger partial charge in [-0.05, 0) is 57.0 Å². The van der Waals surface area contributed by atoms with Crippen LogP contribution in [0.5, 0.6) is 0 Å². The molecule has 3 heteroatoms. The van der Waals surface area contributed by atoms with Crippen molar-refractivity contribution in [2.75, 3.05) is 32.8 Å². The highest BCUT2D eigenvalue weighted by Crippen LogP contribution is 2.27. The van der Waals surface area contributed by atoms with Crippen molar-refractivity contribution in [2.45, 2.75) is 65.7 Å². The minimum atomic E-state index is 0.354. The van der Waals surface area contributed by atoms with Crippen LogP contribution < -0.4 is 0 Å². The maximum Gasteiger partial charge on any atom is 0.136 e. The van der Waals surface area contributed by atoms with Crippen LogP contribution in [0.25, 0.3) is 0 Å². The molecule has 2 rings (SSSR count). The van der Waals surface area contributed by atoms with E-state index in [4.69, 9.17) is 0 Å². The molecule has 0 aromatic heterocycles. The lowest BCUT2D eigenvalue weighted by Gasteiger charge is -2.39. The van der Waals surface area contributed by atoms with E-state index in [1.807, 2.05) is 0 Å². The van der Waals surface area contributed by atoms with Gasteiger partial charge in [0.15, 0.2) is 0 Å². The van der Waals surface area contributed by atoms with Gasteiger partial charge in [-0.25, -0.2) is 0 Å². The fourth-order valence-electron chi connectivity index (χ4n) is 4.13. The number of hydrogen-bond acceptors (Lipinski definition) is 3. The number of hydrogen-bond donors (Lipinski definition) is 0. The van der Waals surface area contributed by atoms with Crippen LogP contribution in [0.4, 0.5) is 0 Å². The number of nitrogens with zero attached hydrogens (tertiary/aromatic N) is 2. The monoisotopic (exact) mass is 308 g/mol. The summed E-state index contributed by atoms with van der Waals surface area (Å²) >= 11 is 0. The molecule has 3 nitrogen and oxygen atoms in total. The third kappa shape index (κ3) is 5.06. The number of carbonyl (C=O) groups excluding carboxylic acids is 1. The van der Waals surface area contributed by atoms with Gasteiger partial charge in [-0.15, -0.1) is 0 Å². The number of carbonyl (C=O) groups is 1. The Morgan fingerprint density at radius 2 is 1.55 bits per heavy atom. The summed E-state index contributed by atoms with van der Waals surface area (Å²) in [6.45, 7) is 12.7. The van der Waals surface area contributed by atoms with Gasteiger partial charge in [0.05, 0.1) is 6.67 Å². The molecule has 1 atom stereocenters. The van der Waals surface area contributed by atoms with Crippen LogP contribution >= 0.6 is 0 Å². The van der Waals surface area contributed by atoms with Gasteiger partial charge >= 0.3 is 0 Å². The third-order valence-corrected chi connectivity index (χ3v) is 6.02. The van der Waals surface area contributed by atoms with Crippen molar-refractivity contribution in [1.29, 1.82) is 0 Å². The van der Waals surface area contributed by atoms with E-state index in [1.165, 1.54) is 32.4 Å². The molecule has 0 spiro atoms. The summed E-state index contributed by atoms with van der Waals surface area (Å²) in [5.74, 6) is 2.70. The average Bonchev–Trinajstić information content (AvgIpc) is 2.55. The van der Waals surface area contributed by atoms with Crippen LogP contribution in [0.2, 0.25) is 0 Å². The maximum atomic E-state index is 12.0. The van der Waals surface area contributed by atoms with Crippen molar-refractivity contribution in [3.63, 3.8) is 0 Å². The third-order valence-electron chi connectivity index (χ3n) is 6.02. The Hall–Kier alpha value is -0.410. The molecule has 0 N–H and O–H groups in total. The highest BCUT2D eigenvalue weighted by Gasteiger charge is 2.27. The predicted octanol–water partition coefficient (Wildman–Crippen LogP) is 3.78. The second-order valence-corrected chi connectivity index (χ2v) is 7.59. The molecule has 1 unspecified atom stereocenters. The SMILES string of the molecule is CCCC(=O)C1CCN(CN2CCC(C(C)CC)CC2)CC1. The lowest BCUT2D eigenvalue weighted by atomic mass is 9.84. The molecule has 0 aliphatic carbocycles. The van der Waals surface area contributed by atoms with E-state index < -0.39 is 0 Å². The Balaban J connectivity index is 1.66. The molecule has 2 aliphatic rings. The summed E-state index contributed by atoms with van der Waals surface area (Å²) in [6.07, 6.45) is 8.03. The van der Waals surface area contributed by atoms with Gasteiger partial charge in [0.2, 0.25) is 0 Å². The molecule has 128 valence electrons. The molecule has 0 aromatic carbocycles. The first-order chi connectivity index (χ1) is 10.6. The van der Waals surface area contributed by atoms with Crippen molar-refractivity contribution in [3.8, 4) is 0 Å². The zero-order valence-corrected chi connectivity index (χ0v) is 15.0. The average molecular weight is 309 g/mol. The molecule has 0 bridgehead atoms. The molecule has 22 heavy (non-hydrogen) atoms. The molecule has 2 saturated heterocycles. The largest absolute Gasteiger partial charge is 0.299 e. The molecule has 0 radical (unpaired) electrons. The minimum absolute atomic E-state index is 0.354. The van der Waals surface area contributed by atoms with E-state index in [9.17, 15) is 4.79 Å². The minimum Gasteiger partial charge on any atom is -0.299 e. The van der Waals surface area contributed by atoms with Gasteiger partial charge in [0.25, 0.3) is 0 Å². The van der Waals surface area contributed by atoms with Crippen LogP contribution in [0.3, 0.4) is 0 Å². The van der Waals surface area contributed by atoms with E-state index >= 15 is 0 Å². The van der Waals surface area contributed by atoms with Crippen LogP contribution in [0.1, 0.15) is 65.7 Å². The van der Waals surface area contributed by atoms with Gasteiger partial charge < -0.3 is 0 Å². The van der Waals surface area contributed by atoms with E-state index in [0.717, 1.165) is 57.3 Å². The van der Waals surface area contributed by atoms with Crippen LogP contribution in [-0.4, -0.2) is 48.4 Å². The van der Waals surface area contributed by atoms with Crippen LogP contribution in [0, 0.1) is 17.8 Å². The number of rotatable bonds is 7. The van der Waals surface area contributed by atoms with Gasteiger partial charge in [0.1, 0.15) is 5.78 Å². The Kier molecular flexibility index (Phi) is 7.36. The second kappa shape index (κ2) is 9.02. The van der Waals surface area contributed by atoms with Gasteiger partial charge in [-0.2, -0.15) is 0 Å². The molecule has 0 aromatic rings.